The Kier molecular flexibility index (Phi) is 2.75. The summed E-state index contributed by atoms with van der Waals surface area (Å²) >= 11 is 7.41. The zero-order valence-corrected chi connectivity index (χ0v) is 9.47. The molecule has 0 spiro atoms. The van der Waals surface area contributed by atoms with E-state index in [9.17, 15) is 0 Å². The van der Waals surface area contributed by atoms with Gasteiger partial charge in [-0.3, -0.25) is 0 Å². The molecule has 15 heavy (non-hydrogen) atoms. The van der Waals surface area contributed by atoms with E-state index >= 15 is 0 Å². The predicted octanol–water partition coefficient (Wildman–Crippen LogP) is 2.45. The summed E-state index contributed by atoms with van der Waals surface area (Å²) in [4.78, 5) is 8.20. The number of nitrogen functional groups attached to an aromatic ring is 1. The molecule has 4 nitrogen and oxygen atoms in total. The first-order valence-electron chi connectivity index (χ1n) is 4.12. The van der Waals surface area contributed by atoms with E-state index in [4.69, 9.17) is 22.1 Å². The Morgan fingerprint density at radius 1 is 1.53 bits per heavy atom. The number of nitrogens with two attached hydrogens (primary N) is 1. The van der Waals surface area contributed by atoms with Crippen molar-refractivity contribution in [2.45, 2.75) is 0 Å². The first-order chi connectivity index (χ1) is 7.22. The number of rotatable bonds is 2. The maximum absolute atomic E-state index is 6.06. The lowest BCUT2D eigenvalue weighted by Gasteiger charge is -2.05. The average Bonchev–Trinajstić information content (AvgIpc) is 2.64. The molecule has 0 aromatic carbocycles. The van der Waals surface area contributed by atoms with E-state index in [1.165, 1.54) is 18.4 Å². The molecule has 0 aliphatic heterocycles. The van der Waals surface area contributed by atoms with Crippen molar-refractivity contribution in [2.75, 3.05) is 12.8 Å². The molecule has 0 aliphatic carbocycles. The normalized spacial score (nSPS) is 10.3. The number of nitrogens with zero attached hydrogens (tertiary/aromatic N) is 2. The molecule has 0 amide bonds. The number of hydrogen-bond acceptors (Lipinski definition) is 5. The second kappa shape index (κ2) is 4.04. The monoisotopic (exact) mass is 241 g/mol. The molecule has 0 radical (unpaired) electrons. The van der Waals surface area contributed by atoms with Gasteiger partial charge in [-0.2, -0.15) is 0 Å². The molecule has 0 saturated carbocycles. The molecule has 2 N–H and O–H groups in total. The maximum Gasteiger partial charge on any atom is 0.224 e. The fraction of sp³-hybridized carbons (Fsp3) is 0.111. The van der Waals surface area contributed by atoms with Crippen LogP contribution in [-0.2, 0) is 0 Å². The summed E-state index contributed by atoms with van der Waals surface area (Å²) in [5.41, 5.74) is 6.92. The van der Waals surface area contributed by atoms with E-state index in [0.29, 0.717) is 27.3 Å². The summed E-state index contributed by atoms with van der Waals surface area (Å²) in [5, 5.41) is 2.86. The SMILES string of the molecule is COc1nccc(Cl)c1-c1csc(N)n1. The smallest absolute Gasteiger partial charge is 0.224 e. The maximum atomic E-state index is 6.06. The van der Waals surface area contributed by atoms with Crippen LogP contribution in [0.3, 0.4) is 0 Å². The second-order valence-corrected chi connectivity index (χ2v) is 4.04. The molecule has 0 unspecified atom stereocenters. The van der Waals surface area contributed by atoms with Gasteiger partial charge in [0.1, 0.15) is 0 Å². The van der Waals surface area contributed by atoms with E-state index in [1.54, 1.807) is 12.3 Å². The molecule has 2 aromatic rings. The van der Waals surface area contributed by atoms with Crippen LogP contribution in [0.5, 0.6) is 5.88 Å². The van der Waals surface area contributed by atoms with Crippen LogP contribution >= 0.6 is 22.9 Å². The third-order valence-corrected chi connectivity index (χ3v) is 2.83. The van der Waals surface area contributed by atoms with Crippen molar-refractivity contribution in [1.82, 2.24) is 9.97 Å². The zero-order valence-electron chi connectivity index (χ0n) is 7.90. The van der Waals surface area contributed by atoms with Crippen molar-refractivity contribution < 1.29 is 4.74 Å². The highest BCUT2D eigenvalue weighted by Gasteiger charge is 2.14. The minimum absolute atomic E-state index is 0.452. The van der Waals surface area contributed by atoms with Gasteiger partial charge in [0.2, 0.25) is 5.88 Å². The first-order valence-corrected chi connectivity index (χ1v) is 5.38. The van der Waals surface area contributed by atoms with Gasteiger partial charge in [-0.15, -0.1) is 11.3 Å². The average molecular weight is 242 g/mol. The van der Waals surface area contributed by atoms with Crippen molar-refractivity contribution in [3.8, 4) is 17.1 Å². The first kappa shape index (κ1) is 10.2. The van der Waals surface area contributed by atoms with Crippen molar-refractivity contribution in [2.24, 2.45) is 0 Å². The van der Waals surface area contributed by atoms with Gasteiger partial charge in [-0.05, 0) is 6.07 Å². The van der Waals surface area contributed by atoms with Gasteiger partial charge < -0.3 is 10.5 Å². The molecule has 2 heterocycles. The van der Waals surface area contributed by atoms with Crippen LogP contribution < -0.4 is 10.5 Å². The Morgan fingerprint density at radius 3 is 2.93 bits per heavy atom. The lowest BCUT2D eigenvalue weighted by molar-refractivity contribution is 0.399. The zero-order chi connectivity index (χ0) is 10.8. The number of pyridine rings is 1. The molecule has 2 aromatic heterocycles. The Hall–Kier alpha value is -1.33. The summed E-state index contributed by atoms with van der Waals surface area (Å²) in [7, 11) is 1.54. The molecule has 2 rings (SSSR count). The van der Waals surface area contributed by atoms with Crippen LogP contribution in [0, 0.1) is 0 Å². The lowest BCUT2D eigenvalue weighted by atomic mass is 10.2. The summed E-state index contributed by atoms with van der Waals surface area (Å²) in [6.07, 6.45) is 1.58. The molecule has 0 bridgehead atoms. The van der Waals surface area contributed by atoms with E-state index in [2.05, 4.69) is 9.97 Å². The van der Waals surface area contributed by atoms with Gasteiger partial charge in [-0.25, -0.2) is 9.97 Å². The number of aromatic nitrogens is 2. The van der Waals surface area contributed by atoms with Gasteiger partial charge >= 0.3 is 0 Å². The van der Waals surface area contributed by atoms with E-state index in [-0.39, 0.29) is 0 Å². The van der Waals surface area contributed by atoms with Crippen LogP contribution in [0.15, 0.2) is 17.6 Å². The van der Waals surface area contributed by atoms with Crippen LogP contribution in [0.1, 0.15) is 0 Å². The van der Waals surface area contributed by atoms with Gasteiger partial charge in [-0.1, -0.05) is 11.6 Å². The van der Waals surface area contributed by atoms with Gasteiger partial charge in [0.15, 0.2) is 5.13 Å². The van der Waals surface area contributed by atoms with Gasteiger partial charge in [0.05, 0.1) is 23.4 Å². The van der Waals surface area contributed by atoms with Crippen molar-refractivity contribution in [3.05, 3.63) is 22.7 Å². The summed E-state index contributed by atoms with van der Waals surface area (Å²) in [6, 6.07) is 1.69. The molecular formula is C9H8ClN3OS. The summed E-state index contributed by atoms with van der Waals surface area (Å²) in [6.45, 7) is 0. The fourth-order valence-electron chi connectivity index (χ4n) is 1.21. The highest BCUT2D eigenvalue weighted by Crippen LogP contribution is 2.35. The van der Waals surface area contributed by atoms with E-state index in [1.807, 2.05) is 5.38 Å². The van der Waals surface area contributed by atoms with E-state index < -0.39 is 0 Å². The Labute approximate surface area is 95.7 Å². The van der Waals surface area contributed by atoms with Crippen LogP contribution in [-0.4, -0.2) is 17.1 Å². The molecule has 78 valence electrons. The van der Waals surface area contributed by atoms with Crippen molar-refractivity contribution >= 4 is 28.1 Å². The van der Waals surface area contributed by atoms with Gasteiger partial charge in [0.25, 0.3) is 0 Å². The van der Waals surface area contributed by atoms with Crippen molar-refractivity contribution in [1.29, 1.82) is 0 Å². The minimum Gasteiger partial charge on any atom is -0.480 e. The second-order valence-electron chi connectivity index (χ2n) is 2.75. The number of ether oxygens (including phenoxy) is 1. The Bertz CT molecular complexity index is 486. The highest BCUT2D eigenvalue weighted by molar-refractivity contribution is 7.13. The number of halogens is 1. The largest absolute Gasteiger partial charge is 0.480 e. The quantitative estimate of drug-likeness (QED) is 0.877. The highest BCUT2D eigenvalue weighted by atomic mass is 35.5. The Morgan fingerprint density at radius 2 is 2.33 bits per heavy atom. The van der Waals surface area contributed by atoms with Crippen molar-refractivity contribution in [3.63, 3.8) is 0 Å². The predicted molar refractivity (Wildman–Crippen MR) is 61.3 cm³/mol. The van der Waals surface area contributed by atoms with Crippen LogP contribution in [0.2, 0.25) is 5.02 Å². The number of anilines is 1. The standard InChI is InChI=1S/C9H8ClN3OS/c1-14-8-7(5(10)2-3-12-8)6-4-15-9(11)13-6/h2-4H,1H3,(H2,11,13). The molecular weight excluding hydrogens is 234 g/mol. The molecule has 0 atom stereocenters. The number of methoxy groups -OCH3 is 1. The molecule has 0 saturated heterocycles. The number of hydrogen-bond donors (Lipinski definition) is 1. The third-order valence-electron chi connectivity index (χ3n) is 1.84. The molecule has 0 fully saturated rings. The minimum atomic E-state index is 0.452. The lowest BCUT2D eigenvalue weighted by Crippen LogP contribution is -1.92. The Balaban J connectivity index is 2.60. The van der Waals surface area contributed by atoms with Gasteiger partial charge in [0, 0.05) is 11.6 Å². The fourth-order valence-corrected chi connectivity index (χ4v) is 2.00. The number of thiazole rings is 1. The van der Waals surface area contributed by atoms with E-state index in [0.717, 1.165) is 0 Å². The summed E-state index contributed by atoms with van der Waals surface area (Å²) < 4.78 is 5.12. The molecule has 6 heteroatoms. The summed E-state index contributed by atoms with van der Waals surface area (Å²) in [5.74, 6) is 0.452. The van der Waals surface area contributed by atoms with Crippen LogP contribution in [0.25, 0.3) is 11.3 Å². The topological polar surface area (TPSA) is 61.0 Å². The van der Waals surface area contributed by atoms with Crippen LogP contribution in [0.4, 0.5) is 5.13 Å². The molecule has 0 aliphatic rings. The third kappa shape index (κ3) is 1.88.